The average molecular weight is 371 g/mol. The van der Waals surface area contributed by atoms with Crippen molar-refractivity contribution in [2.75, 3.05) is 19.6 Å². The lowest BCUT2D eigenvalue weighted by atomic mass is 9.95. The van der Waals surface area contributed by atoms with E-state index in [-0.39, 0.29) is 11.8 Å². The summed E-state index contributed by atoms with van der Waals surface area (Å²) >= 11 is 5.94. The Bertz CT molecular complexity index is 694. The molecule has 2 aromatic rings. The topological polar surface area (TPSA) is 32.3 Å². The lowest BCUT2D eigenvalue weighted by molar-refractivity contribution is -0.126. The van der Waals surface area contributed by atoms with Crippen molar-refractivity contribution in [3.8, 4) is 0 Å². The zero-order chi connectivity index (χ0) is 18.4. The lowest BCUT2D eigenvalue weighted by Crippen LogP contribution is -2.41. The normalized spacial score (nSPS) is 17.0. The molecular formula is C22H27ClN2O. The molecule has 0 aliphatic carbocycles. The molecule has 0 radical (unpaired) electrons. The van der Waals surface area contributed by atoms with Crippen molar-refractivity contribution in [3.63, 3.8) is 0 Å². The second-order valence-corrected chi connectivity index (χ2v) is 7.67. The smallest absolute Gasteiger partial charge is 0.223 e. The summed E-state index contributed by atoms with van der Waals surface area (Å²) < 4.78 is 0. The fourth-order valence-corrected chi connectivity index (χ4v) is 3.62. The number of hydrogen-bond acceptors (Lipinski definition) is 2. The first-order valence-corrected chi connectivity index (χ1v) is 9.79. The van der Waals surface area contributed by atoms with E-state index in [4.69, 9.17) is 11.6 Å². The first-order valence-electron chi connectivity index (χ1n) is 9.41. The summed E-state index contributed by atoms with van der Waals surface area (Å²) in [5.41, 5.74) is 2.54. The SMILES string of the molecule is CC(CNC(=O)C1CCN(Cc2ccc(Cl)cc2)CC1)c1ccccc1. The van der Waals surface area contributed by atoms with Crippen LogP contribution in [0.2, 0.25) is 5.02 Å². The molecule has 1 aliphatic rings. The lowest BCUT2D eigenvalue weighted by Gasteiger charge is -2.31. The first-order chi connectivity index (χ1) is 12.6. The molecule has 1 saturated heterocycles. The number of carbonyl (C=O) groups excluding carboxylic acids is 1. The Morgan fingerprint density at radius 1 is 1.12 bits per heavy atom. The molecule has 1 aliphatic heterocycles. The molecular weight excluding hydrogens is 344 g/mol. The molecule has 3 rings (SSSR count). The molecule has 1 N–H and O–H groups in total. The van der Waals surface area contributed by atoms with Crippen LogP contribution in [0.1, 0.15) is 36.8 Å². The fraction of sp³-hybridized carbons (Fsp3) is 0.409. The highest BCUT2D eigenvalue weighted by Gasteiger charge is 2.25. The van der Waals surface area contributed by atoms with Crippen molar-refractivity contribution in [1.29, 1.82) is 0 Å². The van der Waals surface area contributed by atoms with Crippen LogP contribution in [-0.4, -0.2) is 30.4 Å². The van der Waals surface area contributed by atoms with Crippen LogP contribution in [0.15, 0.2) is 54.6 Å². The van der Waals surface area contributed by atoms with Gasteiger partial charge in [0.15, 0.2) is 0 Å². The van der Waals surface area contributed by atoms with Crippen molar-refractivity contribution in [1.82, 2.24) is 10.2 Å². The number of likely N-dealkylation sites (tertiary alicyclic amines) is 1. The predicted octanol–water partition coefficient (Wildman–Crippen LogP) is 4.47. The quantitative estimate of drug-likeness (QED) is 0.813. The number of amides is 1. The summed E-state index contributed by atoms with van der Waals surface area (Å²) in [7, 11) is 0. The molecule has 4 heteroatoms. The first kappa shape index (κ1) is 18.9. The Morgan fingerprint density at radius 3 is 2.42 bits per heavy atom. The molecule has 1 amide bonds. The van der Waals surface area contributed by atoms with Gasteiger partial charge in [-0.05, 0) is 55.1 Å². The van der Waals surface area contributed by atoms with Crippen LogP contribution in [0.4, 0.5) is 0 Å². The Kier molecular flexibility index (Phi) is 6.70. The molecule has 1 unspecified atom stereocenters. The molecule has 1 heterocycles. The summed E-state index contributed by atoms with van der Waals surface area (Å²) in [6.45, 7) is 5.72. The number of hydrogen-bond donors (Lipinski definition) is 1. The van der Waals surface area contributed by atoms with Gasteiger partial charge in [-0.15, -0.1) is 0 Å². The highest BCUT2D eigenvalue weighted by atomic mass is 35.5. The Balaban J connectivity index is 1.41. The maximum Gasteiger partial charge on any atom is 0.223 e. The summed E-state index contributed by atoms with van der Waals surface area (Å²) in [6, 6.07) is 18.4. The molecule has 3 nitrogen and oxygen atoms in total. The molecule has 2 aromatic carbocycles. The second-order valence-electron chi connectivity index (χ2n) is 7.23. The molecule has 1 atom stereocenters. The summed E-state index contributed by atoms with van der Waals surface area (Å²) in [6.07, 6.45) is 1.86. The van der Waals surface area contributed by atoms with Gasteiger partial charge in [0.05, 0.1) is 0 Å². The highest BCUT2D eigenvalue weighted by molar-refractivity contribution is 6.30. The van der Waals surface area contributed by atoms with Crippen LogP contribution in [0.3, 0.4) is 0 Å². The van der Waals surface area contributed by atoms with E-state index in [0.717, 1.165) is 37.5 Å². The van der Waals surface area contributed by atoms with E-state index in [1.807, 2.05) is 30.3 Å². The third kappa shape index (κ3) is 5.33. The Labute approximate surface area is 161 Å². The van der Waals surface area contributed by atoms with E-state index in [1.165, 1.54) is 11.1 Å². The van der Waals surface area contributed by atoms with E-state index in [0.29, 0.717) is 12.5 Å². The largest absolute Gasteiger partial charge is 0.355 e. The molecule has 0 spiro atoms. The standard InChI is InChI=1S/C22H27ClN2O/c1-17(19-5-3-2-4-6-19)15-24-22(26)20-11-13-25(14-12-20)16-18-7-9-21(23)10-8-18/h2-10,17,20H,11-16H2,1H3,(H,24,26). The molecule has 0 saturated carbocycles. The van der Waals surface area contributed by atoms with E-state index < -0.39 is 0 Å². The number of piperidine rings is 1. The maximum atomic E-state index is 12.5. The summed E-state index contributed by atoms with van der Waals surface area (Å²) in [4.78, 5) is 14.9. The van der Waals surface area contributed by atoms with E-state index in [1.54, 1.807) is 0 Å². The maximum absolute atomic E-state index is 12.5. The number of benzene rings is 2. The number of nitrogens with one attached hydrogen (secondary N) is 1. The van der Waals surface area contributed by atoms with Crippen LogP contribution in [-0.2, 0) is 11.3 Å². The van der Waals surface area contributed by atoms with Gasteiger partial charge >= 0.3 is 0 Å². The minimum Gasteiger partial charge on any atom is -0.355 e. The van der Waals surface area contributed by atoms with Crippen molar-refractivity contribution >= 4 is 17.5 Å². The van der Waals surface area contributed by atoms with Gasteiger partial charge in [-0.25, -0.2) is 0 Å². The number of rotatable bonds is 6. The average Bonchev–Trinajstić information content (AvgIpc) is 2.69. The van der Waals surface area contributed by atoms with Crippen molar-refractivity contribution in [2.24, 2.45) is 5.92 Å². The van der Waals surface area contributed by atoms with Crippen LogP contribution in [0.25, 0.3) is 0 Å². The zero-order valence-electron chi connectivity index (χ0n) is 15.3. The Hall–Kier alpha value is -1.84. The summed E-state index contributed by atoms with van der Waals surface area (Å²) in [5.74, 6) is 0.684. The minimum atomic E-state index is 0.138. The van der Waals surface area contributed by atoms with Gasteiger partial charge in [-0.2, -0.15) is 0 Å². The van der Waals surface area contributed by atoms with Gasteiger partial charge in [0.1, 0.15) is 0 Å². The van der Waals surface area contributed by atoms with Crippen LogP contribution in [0.5, 0.6) is 0 Å². The monoisotopic (exact) mass is 370 g/mol. The molecule has 1 fully saturated rings. The second kappa shape index (κ2) is 9.20. The van der Waals surface area contributed by atoms with E-state index in [2.05, 4.69) is 41.4 Å². The van der Waals surface area contributed by atoms with Gasteiger partial charge in [-0.1, -0.05) is 61.0 Å². The third-order valence-corrected chi connectivity index (χ3v) is 5.48. The third-order valence-electron chi connectivity index (χ3n) is 5.23. The minimum absolute atomic E-state index is 0.138. The van der Waals surface area contributed by atoms with E-state index >= 15 is 0 Å². The fourth-order valence-electron chi connectivity index (χ4n) is 3.50. The van der Waals surface area contributed by atoms with Crippen molar-refractivity contribution in [3.05, 3.63) is 70.7 Å². The van der Waals surface area contributed by atoms with Crippen LogP contribution < -0.4 is 5.32 Å². The highest BCUT2D eigenvalue weighted by Crippen LogP contribution is 2.20. The van der Waals surface area contributed by atoms with Crippen molar-refractivity contribution in [2.45, 2.75) is 32.2 Å². The Morgan fingerprint density at radius 2 is 1.77 bits per heavy atom. The van der Waals surface area contributed by atoms with Crippen molar-refractivity contribution < 1.29 is 4.79 Å². The van der Waals surface area contributed by atoms with E-state index in [9.17, 15) is 4.79 Å². The number of carbonyl (C=O) groups is 1. The van der Waals surface area contributed by atoms with Crippen LogP contribution in [0, 0.1) is 5.92 Å². The molecule has 138 valence electrons. The number of nitrogens with zero attached hydrogens (tertiary/aromatic N) is 1. The molecule has 0 aromatic heterocycles. The van der Waals surface area contributed by atoms with Crippen LogP contribution >= 0.6 is 11.6 Å². The van der Waals surface area contributed by atoms with Gasteiger partial charge < -0.3 is 5.32 Å². The van der Waals surface area contributed by atoms with Gasteiger partial charge in [0, 0.05) is 24.0 Å². The zero-order valence-corrected chi connectivity index (χ0v) is 16.1. The van der Waals surface area contributed by atoms with Gasteiger partial charge in [0.25, 0.3) is 0 Å². The molecule has 0 bridgehead atoms. The predicted molar refractivity (Wildman–Crippen MR) is 107 cm³/mol. The number of halogens is 1. The van der Waals surface area contributed by atoms with Gasteiger partial charge in [-0.3, -0.25) is 9.69 Å². The van der Waals surface area contributed by atoms with Gasteiger partial charge in [0.2, 0.25) is 5.91 Å². The molecule has 26 heavy (non-hydrogen) atoms. The summed E-state index contributed by atoms with van der Waals surface area (Å²) in [5, 5.41) is 3.92.